The first-order valence-electron chi connectivity index (χ1n) is 6.32. The highest BCUT2D eigenvalue weighted by molar-refractivity contribution is 5.80. The van der Waals surface area contributed by atoms with Crippen LogP contribution in [0.15, 0.2) is 4.99 Å². The lowest BCUT2D eigenvalue weighted by atomic mass is 9.93. The predicted octanol–water partition coefficient (Wildman–Crippen LogP) is 1.08. The monoisotopic (exact) mass is 225 g/mol. The molecular weight excluding hydrogens is 202 g/mol. The second kappa shape index (κ2) is 5.53. The first kappa shape index (κ1) is 11.7. The molecule has 1 aliphatic carbocycles. The zero-order valence-electron chi connectivity index (χ0n) is 10.4. The molecule has 0 bridgehead atoms. The zero-order chi connectivity index (χ0) is 11.4. The lowest BCUT2D eigenvalue weighted by Crippen LogP contribution is -2.48. The number of aliphatic imine (C=N–C) groups is 1. The van der Waals surface area contributed by atoms with E-state index < -0.39 is 0 Å². The third-order valence-corrected chi connectivity index (χ3v) is 3.57. The summed E-state index contributed by atoms with van der Waals surface area (Å²) < 4.78 is 5.40. The lowest BCUT2D eigenvalue weighted by molar-refractivity contribution is 0.181. The minimum absolute atomic E-state index is 0.654. The van der Waals surface area contributed by atoms with Crippen LogP contribution in [0.3, 0.4) is 0 Å². The summed E-state index contributed by atoms with van der Waals surface area (Å²) in [5.74, 6) is 1.71. The summed E-state index contributed by atoms with van der Waals surface area (Å²) in [5, 5.41) is 3.51. The van der Waals surface area contributed by atoms with Gasteiger partial charge in [-0.3, -0.25) is 4.99 Å². The van der Waals surface area contributed by atoms with Gasteiger partial charge in [-0.2, -0.15) is 0 Å². The van der Waals surface area contributed by atoms with Crippen molar-refractivity contribution < 1.29 is 4.74 Å². The summed E-state index contributed by atoms with van der Waals surface area (Å²) in [4.78, 5) is 6.58. The smallest absolute Gasteiger partial charge is 0.193 e. The van der Waals surface area contributed by atoms with E-state index in [1.54, 1.807) is 0 Å². The standard InChI is InChI=1S/C12H23N3O/c1-13-12(14-11-4-3-5-11)15(2)8-10-6-7-16-9-10/h10-11H,3-9H2,1-2H3,(H,13,14). The van der Waals surface area contributed by atoms with Crippen LogP contribution in [-0.4, -0.2) is 50.8 Å². The molecule has 16 heavy (non-hydrogen) atoms. The maximum atomic E-state index is 5.40. The number of nitrogens with zero attached hydrogens (tertiary/aromatic N) is 2. The van der Waals surface area contributed by atoms with E-state index in [0.717, 1.165) is 25.7 Å². The van der Waals surface area contributed by atoms with Crippen molar-refractivity contribution in [2.24, 2.45) is 10.9 Å². The summed E-state index contributed by atoms with van der Waals surface area (Å²) >= 11 is 0. The van der Waals surface area contributed by atoms with Crippen LogP contribution in [0.4, 0.5) is 0 Å². The molecular formula is C12H23N3O. The van der Waals surface area contributed by atoms with E-state index >= 15 is 0 Å². The molecule has 4 heteroatoms. The minimum Gasteiger partial charge on any atom is -0.381 e. The number of guanidine groups is 1. The van der Waals surface area contributed by atoms with E-state index in [1.807, 2.05) is 7.05 Å². The molecule has 1 N–H and O–H groups in total. The third kappa shape index (κ3) is 2.88. The third-order valence-electron chi connectivity index (χ3n) is 3.57. The lowest BCUT2D eigenvalue weighted by Gasteiger charge is -2.32. The summed E-state index contributed by atoms with van der Waals surface area (Å²) in [5.41, 5.74) is 0. The van der Waals surface area contributed by atoms with Crippen LogP contribution in [0.5, 0.6) is 0 Å². The van der Waals surface area contributed by atoms with Crippen molar-refractivity contribution in [3.8, 4) is 0 Å². The number of nitrogens with one attached hydrogen (secondary N) is 1. The van der Waals surface area contributed by atoms with Crippen molar-refractivity contribution in [3.63, 3.8) is 0 Å². The Bertz CT molecular complexity index is 245. The molecule has 2 aliphatic rings. The van der Waals surface area contributed by atoms with Crippen LogP contribution >= 0.6 is 0 Å². The molecule has 4 nitrogen and oxygen atoms in total. The first-order chi connectivity index (χ1) is 7.79. The molecule has 92 valence electrons. The van der Waals surface area contributed by atoms with Gasteiger partial charge >= 0.3 is 0 Å². The average molecular weight is 225 g/mol. The van der Waals surface area contributed by atoms with E-state index in [0.29, 0.717) is 12.0 Å². The fourth-order valence-corrected chi connectivity index (χ4v) is 2.28. The Balaban J connectivity index is 1.77. The Morgan fingerprint density at radius 1 is 1.44 bits per heavy atom. The van der Waals surface area contributed by atoms with E-state index in [2.05, 4.69) is 22.3 Å². The second-order valence-electron chi connectivity index (χ2n) is 4.93. The summed E-state index contributed by atoms with van der Waals surface area (Å²) in [6.07, 6.45) is 5.12. The maximum absolute atomic E-state index is 5.40. The first-order valence-corrected chi connectivity index (χ1v) is 6.32. The van der Waals surface area contributed by atoms with Gasteiger partial charge in [0.1, 0.15) is 0 Å². The fourth-order valence-electron chi connectivity index (χ4n) is 2.28. The maximum Gasteiger partial charge on any atom is 0.193 e. The number of ether oxygens (including phenoxy) is 1. The van der Waals surface area contributed by atoms with Gasteiger partial charge in [-0.15, -0.1) is 0 Å². The quantitative estimate of drug-likeness (QED) is 0.577. The van der Waals surface area contributed by atoms with Gasteiger partial charge in [0.15, 0.2) is 5.96 Å². The van der Waals surface area contributed by atoms with Crippen molar-refractivity contribution >= 4 is 5.96 Å². The molecule has 0 aromatic carbocycles. The molecule has 1 unspecified atom stereocenters. The van der Waals surface area contributed by atoms with Gasteiger partial charge in [0.25, 0.3) is 0 Å². The Labute approximate surface area is 98.1 Å². The fraction of sp³-hybridized carbons (Fsp3) is 0.917. The molecule has 0 aromatic heterocycles. The molecule has 0 spiro atoms. The summed E-state index contributed by atoms with van der Waals surface area (Å²) in [7, 11) is 3.98. The molecule has 1 heterocycles. The Kier molecular flexibility index (Phi) is 4.04. The van der Waals surface area contributed by atoms with Gasteiger partial charge in [0, 0.05) is 39.2 Å². The summed E-state index contributed by atoms with van der Waals surface area (Å²) in [6, 6.07) is 0.654. The van der Waals surface area contributed by atoms with Crippen molar-refractivity contribution in [3.05, 3.63) is 0 Å². The van der Waals surface area contributed by atoms with Gasteiger partial charge in [-0.05, 0) is 25.7 Å². The highest BCUT2D eigenvalue weighted by atomic mass is 16.5. The van der Waals surface area contributed by atoms with Gasteiger partial charge in [0.05, 0.1) is 6.61 Å². The van der Waals surface area contributed by atoms with Crippen LogP contribution in [0.25, 0.3) is 0 Å². The van der Waals surface area contributed by atoms with Crippen LogP contribution in [0.1, 0.15) is 25.7 Å². The number of hydrogen-bond acceptors (Lipinski definition) is 2. The Morgan fingerprint density at radius 2 is 2.25 bits per heavy atom. The molecule has 1 atom stereocenters. The highest BCUT2D eigenvalue weighted by Gasteiger charge is 2.22. The molecule has 0 amide bonds. The van der Waals surface area contributed by atoms with Crippen molar-refractivity contribution in [1.82, 2.24) is 10.2 Å². The zero-order valence-corrected chi connectivity index (χ0v) is 10.4. The molecule has 2 fully saturated rings. The molecule has 1 saturated heterocycles. The van der Waals surface area contributed by atoms with E-state index in [9.17, 15) is 0 Å². The largest absolute Gasteiger partial charge is 0.381 e. The SMILES string of the molecule is CN=C(NC1CCC1)N(C)CC1CCOC1. The van der Waals surface area contributed by atoms with E-state index in [4.69, 9.17) is 4.74 Å². The molecule has 1 aliphatic heterocycles. The van der Waals surface area contributed by atoms with Crippen LogP contribution < -0.4 is 5.32 Å². The van der Waals surface area contributed by atoms with Gasteiger partial charge < -0.3 is 15.0 Å². The van der Waals surface area contributed by atoms with Crippen LogP contribution in [0, 0.1) is 5.92 Å². The predicted molar refractivity (Wildman–Crippen MR) is 65.7 cm³/mol. The van der Waals surface area contributed by atoms with Crippen LogP contribution in [0.2, 0.25) is 0 Å². The van der Waals surface area contributed by atoms with E-state index in [-0.39, 0.29) is 0 Å². The normalized spacial score (nSPS) is 26.6. The highest BCUT2D eigenvalue weighted by Crippen LogP contribution is 2.18. The van der Waals surface area contributed by atoms with Crippen molar-refractivity contribution in [2.45, 2.75) is 31.7 Å². The Hall–Kier alpha value is -0.770. The van der Waals surface area contributed by atoms with Gasteiger partial charge in [-0.1, -0.05) is 0 Å². The van der Waals surface area contributed by atoms with Crippen LogP contribution in [-0.2, 0) is 4.74 Å². The molecule has 0 aromatic rings. The molecule has 1 saturated carbocycles. The molecule has 0 radical (unpaired) electrons. The molecule has 2 rings (SSSR count). The van der Waals surface area contributed by atoms with Crippen molar-refractivity contribution in [1.29, 1.82) is 0 Å². The van der Waals surface area contributed by atoms with Gasteiger partial charge in [0.2, 0.25) is 0 Å². The number of rotatable bonds is 3. The summed E-state index contributed by atoms with van der Waals surface area (Å²) in [6.45, 7) is 2.88. The van der Waals surface area contributed by atoms with E-state index in [1.165, 1.54) is 25.7 Å². The minimum atomic E-state index is 0.654. The van der Waals surface area contributed by atoms with Crippen molar-refractivity contribution in [2.75, 3.05) is 33.9 Å². The number of hydrogen-bond donors (Lipinski definition) is 1. The van der Waals surface area contributed by atoms with Gasteiger partial charge in [-0.25, -0.2) is 0 Å². The topological polar surface area (TPSA) is 36.9 Å². The second-order valence-corrected chi connectivity index (χ2v) is 4.93. The average Bonchev–Trinajstić information content (AvgIpc) is 2.69. The Morgan fingerprint density at radius 3 is 2.75 bits per heavy atom.